The summed E-state index contributed by atoms with van der Waals surface area (Å²) in [6.45, 7) is 13.6. The molecular formula is C54H46N4O. The van der Waals surface area contributed by atoms with E-state index in [1.165, 1.54) is 21.9 Å². The third-order valence-electron chi connectivity index (χ3n) is 11.6. The second-order valence-electron chi connectivity index (χ2n) is 17.6. The lowest BCUT2D eigenvalue weighted by molar-refractivity contribution is 0.590. The van der Waals surface area contributed by atoms with Crippen LogP contribution in [0.4, 0.5) is 17.1 Å². The van der Waals surface area contributed by atoms with Gasteiger partial charge in [-0.2, -0.15) is 0 Å². The second kappa shape index (κ2) is 13.8. The van der Waals surface area contributed by atoms with Gasteiger partial charge in [-0.05, 0) is 106 Å². The average molecular weight is 767 g/mol. The van der Waals surface area contributed by atoms with Crippen LogP contribution in [-0.2, 0) is 10.8 Å². The molecule has 10 aromatic rings. The Hall–Kier alpha value is -6.98. The zero-order valence-corrected chi connectivity index (χ0v) is 34.4. The first kappa shape index (κ1) is 36.4. The first-order valence-corrected chi connectivity index (χ1v) is 20.4. The van der Waals surface area contributed by atoms with Crippen LogP contribution < -0.4 is 4.90 Å². The summed E-state index contributed by atoms with van der Waals surface area (Å²) in [5.41, 5.74) is 14.8. The molecule has 5 nitrogen and oxygen atoms in total. The third kappa shape index (κ3) is 6.44. The number of benzene rings is 7. The van der Waals surface area contributed by atoms with Gasteiger partial charge in [0.15, 0.2) is 5.58 Å². The van der Waals surface area contributed by atoms with Gasteiger partial charge < -0.3 is 13.9 Å². The lowest BCUT2D eigenvalue weighted by Crippen LogP contribution is -2.14. The highest BCUT2D eigenvalue weighted by Crippen LogP contribution is 2.42. The van der Waals surface area contributed by atoms with Gasteiger partial charge in [-0.15, -0.1) is 0 Å². The fraction of sp³-hybridized carbons (Fsp3) is 0.148. The number of hydrogen-bond acceptors (Lipinski definition) is 4. The van der Waals surface area contributed by atoms with Crippen LogP contribution in [0.2, 0.25) is 0 Å². The van der Waals surface area contributed by atoms with E-state index in [1.807, 2.05) is 18.2 Å². The van der Waals surface area contributed by atoms with Gasteiger partial charge in [-0.1, -0.05) is 126 Å². The van der Waals surface area contributed by atoms with Crippen LogP contribution in [0.25, 0.3) is 72.1 Å². The van der Waals surface area contributed by atoms with Crippen molar-refractivity contribution in [2.45, 2.75) is 52.4 Å². The van der Waals surface area contributed by atoms with Crippen LogP contribution in [0.1, 0.15) is 52.7 Å². The fourth-order valence-corrected chi connectivity index (χ4v) is 8.39. The molecule has 0 saturated heterocycles. The third-order valence-corrected chi connectivity index (χ3v) is 11.6. The first-order valence-electron chi connectivity index (χ1n) is 20.4. The zero-order chi connectivity index (χ0) is 40.5. The van der Waals surface area contributed by atoms with Gasteiger partial charge in [-0.25, -0.2) is 4.98 Å². The van der Waals surface area contributed by atoms with Crippen molar-refractivity contribution in [3.8, 4) is 28.3 Å². The molecule has 0 aliphatic rings. The molecule has 0 saturated carbocycles. The highest BCUT2D eigenvalue weighted by atomic mass is 16.3. The normalized spacial score (nSPS) is 12.2. The number of para-hydroxylation sites is 2. The molecule has 3 aromatic heterocycles. The van der Waals surface area contributed by atoms with E-state index in [-0.39, 0.29) is 10.8 Å². The summed E-state index contributed by atoms with van der Waals surface area (Å²) < 4.78 is 8.85. The van der Waals surface area contributed by atoms with E-state index < -0.39 is 0 Å². The Morgan fingerprint density at radius 2 is 1.05 bits per heavy atom. The minimum Gasteiger partial charge on any atom is -0.436 e. The van der Waals surface area contributed by atoms with Gasteiger partial charge >= 0.3 is 0 Å². The van der Waals surface area contributed by atoms with E-state index in [0.717, 1.165) is 72.5 Å². The van der Waals surface area contributed by atoms with E-state index >= 15 is 0 Å². The van der Waals surface area contributed by atoms with Crippen LogP contribution in [-0.4, -0.2) is 14.5 Å². The van der Waals surface area contributed by atoms with Gasteiger partial charge in [0, 0.05) is 50.5 Å². The van der Waals surface area contributed by atoms with Crippen LogP contribution >= 0.6 is 0 Å². The largest absolute Gasteiger partial charge is 0.436 e. The molecule has 288 valence electrons. The molecule has 0 fully saturated rings. The number of pyridine rings is 1. The summed E-state index contributed by atoms with van der Waals surface area (Å²) in [4.78, 5) is 12.0. The molecule has 59 heavy (non-hydrogen) atoms. The highest BCUT2D eigenvalue weighted by Gasteiger charge is 2.21. The number of hydrogen-bond donors (Lipinski definition) is 0. The number of anilines is 3. The number of fused-ring (bicyclic) bond motifs is 6. The first-order chi connectivity index (χ1) is 28.5. The van der Waals surface area contributed by atoms with Crippen LogP contribution in [0.3, 0.4) is 0 Å². The van der Waals surface area contributed by atoms with Crippen LogP contribution in [0, 0.1) is 0 Å². The standard InChI is InChI=1S/C54H46N4O/c1-53(2,3)38-21-27-41(28-22-38)57(42-29-23-39(24-30-42)54(4,5)6)40-25-17-35(18-26-40)43-31-19-37(52-56-51-49(59-52)32-20-36-12-11-33-55-50(36)51)34-48(43)58-46-15-9-7-13-44(46)45-14-8-10-16-47(45)58/h7-34H,1-6H3. The molecular weight excluding hydrogens is 721 g/mol. The Labute approximate surface area is 345 Å². The summed E-state index contributed by atoms with van der Waals surface area (Å²) in [7, 11) is 0. The summed E-state index contributed by atoms with van der Waals surface area (Å²) in [5, 5.41) is 3.45. The van der Waals surface area contributed by atoms with Gasteiger partial charge in [0.25, 0.3) is 0 Å². The van der Waals surface area contributed by atoms with Crippen molar-refractivity contribution in [3.63, 3.8) is 0 Å². The smallest absolute Gasteiger partial charge is 0.227 e. The Kier molecular flexibility index (Phi) is 8.53. The number of rotatable bonds is 6. The summed E-state index contributed by atoms with van der Waals surface area (Å²) in [5.74, 6) is 0.563. The predicted molar refractivity (Wildman–Crippen MR) is 247 cm³/mol. The van der Waals surface area contributed by atoms with Crippen molar-refractivity contribution in [2.24, 2.45) is 0 Å². The molecule has 5 heteroatoms. The van der Waals surface area contributed by atoms with E-state index in [0.29, 0.717) is 5.89 Å². The second-order valence-corrected chi connectivity index (χ2v) is 17.6. The molecule has 0 radical (unpaired) electrons. The number of oxazole rings is 1. The van der Waals surface area contributed by atoms with Gasteiger partial charge in [0.1, 0.15) is 5.52 Å². The SMILES string of the molecule is CC(C)(C)c1ccc(N(c2ccc(-c3ccc(-c4nc5c(ccc6cccnc65)o4)cc3-n3c4ccccc4c4ccccc43)cc2)c2ccc(C(C)(C)C)cc2)cc1. The number of nitrogens with zero attached hydrogens (tertiary/aromatic N) is 4. The molecule has 0 aliphatic heterocycles. The highest BCUT2D eigenvalue weighted by molar-refractivity contribution is 6.10. The number of aromatic nitrogens is 3. The maximum atomic E-state index is 6.47. The van der Waals surface area contributed by atoms with E-state index in [1.54, 1.807) is 6.20 Å². The van der Waals surface area contributed by atoms with Crippen LogP contribution in [0.15, 0.2) is 174 Å². The molecule has 0 atom stereocenters. The van der Waals surface area contributed by atoms with Gasteiger partial charge in [0.2, 0.25) is 5.89 Å². The predicted octanol–water partition coefficient (Wildman–Crippen LogP) is 14.9. The van der Waals surface area contributed by atoms with Gasteiger partial charge in [-0.3, -0.25) is 4.98 Å². The zero-order valence-electron chi connectivity index (χ0n) is 34.4. The van der Waals surface area contributed by atoms with Crippen molar-refractivity contribution in [1.82, 2.24) is 14.5 Å². The van der Waals surface area contributed by atoms with Crippen molar-refractivity contribution >= 4 is 60.9 Å². The molecule has 0 unspecified atom stereocenters. The Bertz CT molecular complexity index is 3050. The van der Waals surface area contributed by atoms with Crippen molar-refractivity contribution < 1.29 is 4.42 Å². The minimum atomic E-state index is 0.0645. The van der Waals surface area contributed by atoms with E-state index in [9.17, 15) is 0 Å². The van der Waals surface area contributed by atoms with E-state index in [2.05, 4.69) is 202 Å². The Morgan fingerprint density at radius 1 is 0.508 bits per heavy atom. The van der Waals surface area contributed by atoms with Crippen LogP contribution in [0.5, 0.6) is 0 Å². The average Bonchev–Trinajstić information content (AvgIpc) is 3.84. The molecule has 0 aliphatic carbocycles. The summed E-state index contributed by atoms with van der Waals surface area (Å²) >= 11 is 0. The Balaban J connectivity index is 1.13. The summed E-state index contributed by atoms with van der Waals surface area (Å²) in [6, 6.07) is 58.9. The molecule has 7 aromatic carbocycles. The van der Waals surface area contributed by atoms with Crippen molar-refractivity contribution in [3.05, 3.63) is 181 Å². The topological polar surface area (TPSA) is 47.1 Å². The Morgan fingerprint density at radius 3 is 1.63 bits per heavy atom. The summed E-state index contributed by atoms with van der Waals surface area (Å²) in [6.07, 6.45) is 1.81. The molecule has 10 rings (SSSR count). The maximum Gasteiger partial charge on any atom is 0.227 e. The minimum absolute atomic E-state index is 0.0645. The fourth-order valence-electron chi connectivity index (χ4n) is 8.39. The molecule has 0 bridgehead atoms. The molecule has 0 amide bonds. The maximum absolute atomic E-state index is 6.47. The quantitative estimate of drug-likeness (QED) is 0.169. The van der Waals surface area contributed by atoms with Crippen molar-refractivity contribution in [2.75, 3.05) is 4.90 Å². The lowest BCUT2D eigenvalue weighted by atomic mass is 9.86. The van der Waals surface area contributed by atoms with E-state index in [4.69, 9.17) is 9.40 Å². The van der Waals surface area contributed by atoms with Crippen molar-refractivity contribution in [1.29, 1.82) is 0 Å². The molecule has 3 heterocycles. The molecule has 0 N–H and O–H groups in total. The monoisotopic (exact) mass is 766 g/mol. The lowest BCUT2D eigenvalue weighted by Gasteiger charge is -2.28. The van der Waals surface area contributed by atoms with Gasteiger partial charge in [0.05, 0.1) is 22.2 Å². The molecule has 0 spiro atoms.